The molecule has 0 atom stereocenters. The third-order valence-electron chi connectivity index (χ3n) is 4.63. The lowest BCUT2D eigenvalue weighted by Gasteiger charge is -2.17. The Morgan fingerprint density at radius 2 is 1.36 bits per heavy atom. The van der Waals surface area contributed by atoms with Crippen molar-refractivity contribution in [1.82, 2.24) is 3.97 Å². The van der Waals surface area contributed by atoms with Crippen LogP contribution in [-0.2, 0) is 10.0 Å². The Labute approximate surface area is 162 Å². The molecule has 0 spiro atoms. The van der Waals surface area contributed by atoms with E-state index in [0.717, 1.165) is 5.56 Å². The fraction of sp³-hybridized carbons (Fsp3) is 0.0455. The summed E-state index contributed by atoms with van der Waals surface area (Å²) in [6.45, 7) is 1.85. The predicted octanol–water partition coefficient (Wildman–Crippen LogP) is 3.92. The van der Waals surface area contributed by atoms with Crippen LogP contribution in [0.1, 0.15) is 5.56 Å². The highest BCUT2D eigenvalue weighted by Crippen LogP contribution is 2.35. The molecule has 0 bridgehead atoms. The van der Waals surface area contributed by atoms with Crippen molar-refractivity contribution in [2.24, 2.45) is 0 Å². The molecule has 0 radical (unpaired) electrons. The molecule has 0 unspecified atom stereocenters. The van der Waals surface area contributed by atoms with Gasteiger partial charge in [0.1, 0.15) is 11.4 Å². The van der Waals surface area contributed by atoms with Crippen LogP contribution in [-0.4, -0.2) is 17.5 Å². The molecule has 1 aromatic heterocycles. The van der Waals surface area contributed by atoms with Crippen LogP contribution in [0.2, 0.25) is 0 Å². The van der Waals surface area contributed by atoms with Gasteiger partial charge in [-0.25, -0.2) is 8.42 Å². The molecule has 3 aromatic carbocycles. The number of hydrogen-bond donors (Lipinski definition) is 1. The van der Waals surface area contributed by atoms with Crippen molar-refractivity contribution in [1.29, 1.82) is 0 Å². The van der Waals surface area contributed by atoms with Gasteiger partial charge in [-0.1, -0.05) is 66.2 Å². The fourth-order valence-corrected chi connectivity index (χ4v) is 4.65. The normalized spacial score (nSPS) is 11.6. The number of aromatic hydroxyl groups is 1. The van der Waals surface area contributed by atoms with Crippen molar-refractivity contribution in [3.63, 3.8) is 0 Å². The van der Waals surface area contributed by atoms with Gasteiger partial charge in [-0.3, -0.25) is 4.79 Å². The zero-order chi connectivity index (χ0) is 19.9. The second kappa shape index (κ2) is 6.65. The van der Waals surface area contributed by atoms with Gasteiger partial charge in [0.25, 0.3) is 15.6 Å². The van der Waals surface area contributed by atoms with E-state index in [1.807, 2.05) is 6.92 Å². The Balaban J connectivity index is 2.17. The third-order valence-corrected chi connectivity index (χ3v) is 6.33. The van der Waals surface area contributed by atoms with Crippen LogP contribution in [0, 0.1) is 6.92 Å². The number of rotatable bonds is 3. The van der Waals surface area contributed by atoms with Crippen molar-refractivity contribution >= 4 is 20.8 Å². The second-order valence-electron chi connectivity index (χ2n) is 6.50. The SMILES string of the molecule is Cc1ccc(S(=O)(=O)n2c(-c3ccccc3)c(O)c3ccccc3c2=O)cc1. The van der Waals surface area contributed by atoms with Gasteiger partial charge in [0.05, 0.1) is 10.3 Å². The monoisotopic (exact) mass is 391 g/mol. The lowest BCUT2D eigenvalue weighted by molar-refractivity contribution is 0.479. The Kier molecular flexibility index (Phi) is 4.28. The van der Waals surface area contributed by atoms with E-state index in [-0.39, 0.29) is 21.7 Å². The van der Waals surface area contributed by atoms with Crippen LogP contribution in [0.15, 0.2) is 88.6 Å². The molecule has 0 saturated heterocycles. The zero-order valence-electron chi connectivity index (χ0n) is 15.0. The molecule has 4 rings (SSSR count). The minimum absolute atomic E-state index is 0.0212. The molecule has 0 aliphatic carbocycles. The van der Waals surface area contributed by atoms with E-state index in [1.165, 1.54) is 18.2 Å². The van der Waals surface area contributed by atoms with Crippen molar-refractivity contribution < 1.29 is 13.5 Å². The van der Waals surface area contributed by atoms with E-state index in [1.54, 1.807) is 60.7 Å². The van der Waals surface area contributed by atoms with Crippen molar-refractivity contribution in [3.05, 3.63) is 94.8 Å². The highest BCUT2D eigenvalue weighted by molar-refractivity contribution is 7.90. The first-order chi connectivity index (χ1) is 13.4. The summed E-state index contributed by atoms with van der Waals surface area (Å²) >= 11 is 0. The highest BCUT2D eigenvalue weighted by Gasteiger charge is 2.27. The molecular weight excluding hydrogens is 374 g/mol. The topological polar surface area (TPSA) is 76.4 Å². The molecule has 1 heterocycles. The van der Waals surface area contributed by atoms with Gasteiger partial charge in [0.2, 0.25) is 0 Å². The van der Waals surface area contributed by atoms with Gasteiger partial charge < -0.3 is 5.11 Å². The number of aryl methyl sites for hydroxylation is 1. The Morgan fingerprint density at radius 3 is 2.00 bits per heavy atom. The molecule has 0 amide bonds. The smallest absolute Gasteiger partial charge is 0.273 e. The maximum Gasteiger partial charge on any atom is 0.273 e. The number of fused-ring (bicyclic) bond motifs is 1. The largest absolute Gasteiger partial charge is 0.505 e. The Morgan fingerprint density at radius 1 is 0.786 bits per heavy atom. The van der Waals surface area contributed by atoms with Gasteiger partial charge in [0, 0.05) is 10.9 Å². The number of hydrogen-bond acceptors (Lipinski definition) is 4. The third kappa shape index (κ3) is 2.78. The quantitative estimate of drug-likeness (QED) is 0.574. The summed E-state index contributed by atoms with van der Waals surface area (Å²) in [4.78, 5) is 13.2. The molecule has 1 N–H and O–H groups in total. The molecule has 28 heavy (non-hydrogen) atoms. The van der Waals surface area contributed by atoms with Crippen LogP contribution < -0.4 is 5.56 Å². The molecule has 0 fully saturated rings. The molecule has 0 saturated carbocycles. The first kappa shape index (κ1) is 18.0. The molecular formula is C22H17NO4S. The van der Waals surface area contributed by atoms with Crippen LogP contribution >= 0.6 is 0 Å². The maximum absolute atomic E-state index is 13.4. The number of pyridine rings is 1. The minimum atomic E-state index is -4.24. The summed E-state index contributed by atoms with van der Waals surface area (Å²) in [6, 6.07) is 21.2. The number of nitrogens with zero attached hydrogens (tertiary/aromatic N) is 1. The summed E-state index contributed by atoms with van der Waals surface area (Å²) in [6.07, 6.45) is 0. The summed E-state index contributed by atoms with van der Waals surface area (Å²) in [5.41, 5.74) is 0.576. The lowest BCUT2D eigenvalue weighted by Crippen LogP contribution is -2.29. The predicted molar refractivity (Wildman–Crippen MR) is 109 cm³/mol. The van der Waals surface area contributed by atoms with Gasteiger partial charge in [0.15, 0.2) is 0 Å². The van der Waals surface area contributed by atoms with E-state index >= 15 is 0 Å². The molecule has 140 valence electrons. The lowest BCUT2D eigenvalue weighted by atomic mass is 10.1. The molecule has 0 aliphatic heterocycles. The summed E-state index contributed by atoms with van der Waals surface area (Å²) in [7, 11) is -4.24. The molecule has 6 heteroatoms. The van der Waals surface area contributed by atoms with Gasteiger partial charge in [-0.2, -0.15) is 3.97 Å². The highest BCUT2D eigenvalue weighted by atomic mass is 32.2. The first-order valence-corrected chi connectivity index (χ1v) is 10.1. The average molecular weight is 391 g/mol. The van der Waals surface area contributed by atoms with Gasteiger partial charge >= 0.3 is 0 Å². The molecule has 5 nitrogen and oxygen atoms in total. The standard InChI is InChI=1S/C22H17NO4S/c1-15-11-13-17(14-12-15)28(26,27)23-20(16-7-3-2-4-8-16)21(24)18-9-5-6-10-19(18)22(23)25/h2-14,24H,1H3. The van der Waals surface area contributed by atoms with Crippen LogP contribution in [0.3, 0.4) is 0 Å². The van der Waals surface area contributed by atoms with Gasteiger partial charge in [-0.05, 0) is 25.1 Å². The Hall–Kier alpha value is -3.38. The van der Waals surface area contributed by atoms with Crippen LogP contribution in [0.5, 0.6) is 5.75 Å². The van der Waals surface area contributed by atoms with E-state index in [4.69, 9.17) is 0 Å². The number of benzene rings is 3. The van der Waals surface area contributed by atoms with E-state index in [0.29, 0.717) is 14.9 Å². The molecule has 4 aromatic rings. The number of aromatic nitrogens is 1. The van der Waals surface area contributed by atoms with Crippen LogP contribution in [0.4, 0.5) is 0 Å². The van der Waals surface area contributed by atoms with Crippen LogP contribution in [0.25, 0.3) is 22.0 Å². The van der Waals surface area contributed by atoms with E-state index in [2.05, 4.69) is 0 Å². The fourth-order valence-electron chi connectivity index (χ4n) is 3.21. The Bertz CT molecular complexity index is 1340. The first-order valence-electron chi connectivity index (χ1n) is 8.65. The average Bonchev–Trinajstić information content (AvgIpc) is 2.71. The van der Waals surface area contributed by atoms with Crippen molar-refractivity contribution in [2.45, 2.75) is 11.8 Å². The minimum Gasteiger partial charge on any atom is -0.505 e. The summed E-state index contributed by atoms with van der Waals surface area (Å²) < 4.78 is 27.5. The van der Waals surface area contributed by atoms with Gasteiger partial charge in [-0.15, -0.1) is 0 Å². The second-order valence-corrected chi connectivity index (χ2v) is 8.28. The van der Waals surface area contributed by atoms with E-state index < -0.39 is 15.6 Å². The maximum atomic E-state index is 13.4. The van der Waals surface area contributed by atoms with Crippen molar-refractivity contribution in [3.8, 4) is 17.0 Å². The summed E-state index contributed by atoms with van der Waals surface area (Å²) in [5, 5.41) is 11.4. The van der Waals surface area contributed by atoms with E-state index in [9.17, 15) is 18.3 Å². The van der Waals surface area contributed by atoms with Crippen molar-refractivity contribution in [2.75, 3.05) is 0 Å². The summed E-state index contributed by atoms with van der Waals surface area (Å²) in [5.74, 6) is -0.253. The molecule has 0 aliphatic rings. The zero-order valence-corrected chi connectivity index (χ0v) is 15.8.